The summed E-state index contributed by atoms with van der Waals surface area (Å²) in [5, 5.41) is 9.60. The molecule has 12 heteroatoms. The zero-order chi connectivity index (χ0) is 22.6. The second-order valence-electron chi connectivity index (χ2n) is 6.83. The second-order valence-corrected chi connectivity index (χ2v) is 6.83. The molecule has 3 rings (SSSR count). The minimum absolute atomic E-state index is 0.0735. The molecule has 0 spiro atoms. The highest BCUT2D eigenvalue weighted by atomic mass is 19.4. The zero-order valence-corrected chi connectivity index (χ0v) is 16.4. The molecule has 1 fully saturated rings. The van der Waals surface area contributed by atoms with Crippen molar-refractivity contribution in [3.63, 3.8) is 0 Å². The van der Waals surface area contributed by atoms with Gasteiger partial charge in [-0.25, -0.2) is 9.07 Å². The van der Waals surface area contributed by atoms with Gasteiger partial charge in [-0.15, -0.1) is 11.7 Å². The molecule has 2 aromatic rings. The molecule has 8 nitrogen and oxygen atoms in total. The van der Waals surface area contributed by atoms with E-state index in [9.17, 15) is 27.2 Å². The molecule has 2 heterocycles. The highest BCUT2D eigenvalue weighted by Crippen LogP contribution is 2.33. The maximum Gasteiger partial charge on any atom is 0.435 e. The normalized spacial score (nSPS) is 15.0. The summed E-state index contributed by atoms with van der Waals surface area (Å²) in [5.74, 6) is -1.73. The van der Waals surface area contributed by atoms with Crippen LogP contribution < -0.4 is 5.32 Å². The maximum absolute atomic E-state index is 13.7. The van der Waals surface area contributed by atoms with Gasteiger partial charge < -0.3 is 10.2 Å². The van der Waals surface area contributed by atoms with E-state index in [1.807, 2.05) is 0 Å². The van der Waals surface area contributed by atoms with E-state index in [0.29, 0.717) is 24.3 Å². The molecular weight excluding hydrogens is 420 g/mol. The summed E-state index contributed by atoms with van der Waals surface area (Å²) in [6.45, 7) is 4.86. The van der Waals surface area contributed by atoms with E-state index in [-0.39, 0.29) is 31.2 Å². The number of alkyl halides is 3. The van der Waals surface area contributed by atoms with Crippen LogP contribution in [0.4, 0.5) is 17.6 Å². The molecule has 166 valence electrons. The predicted molar refractivity (Wildman–Crippen MR) is 102 cm³/mol. The topological polar surface area (TPSA) is 83.4 Å². The van der Waals surface area contributed by atoms with Crippen LogP contribution in [0.3, 0.4) is 0 Å². The van der Waals surface area contributed by atoms with Crippen LogP contribution in [0.5, 0.6) is 0 Å². The summed E-state index contributed by atoms with van der Waals surface area (Å²) in [6, 6.07) is 4.21. The van der Waals surface area contributed by atoms with Crippen LogP contribution in [-0.4, -0.2) is 75.9 Å². The fraction of sp³-hybridized carbons (Fsp3) is 0.368. The Kier molecular flexibility index (Phi) is 6.68. The Labute approximate surface area is 175 Å². The molecule has 1 aliphatic rings. The zero-order valence-electron chi connectivity index (χ0n) is 16.4. The number of benzene rings is 1. The van der Waals surface area contributed by atoms with Crippen LogP contribution in [0.2, 0.25) is 0 Å². The number of aromatic nitrogens is 3. The second kappa shape index (κ2) is 9.25. The van der Waals surface area contributed by atoms with Gasteiger partial charge in [0.15, 0.2) is 11.4 Å². The van der Waals surface area contributed by atoms with Gasteiger partial charge in [-0.1, -0.05) is 11.3 Å². The van der Waals surface area contributed by atoms with Gasteiger partial charge in [0.1, 0.15) is 5.82 Å². The Morgan fingerprint density at radius 3 is 2.35 bits per heavy atom. The highest BCUT2D eigenvalue weighted by Gasteiger charge is 2.43. The molecular formula is C19H20F4N6O2. The van der Waals surface area contributed by atoms with Crippen LogP contribution in [0, 0.1) is 5.82 Å². The molecule has 0 atom stereocenters. The highest BCUT2D eigenvalue weighted by molar-refractivity contribution is 5.93. The number of amides is 2. The van der Waals surface area contributed by atoms with Gasteiger partial charge in [0, 0.05) is 32.7 Å². The third-order valence-corrected chi connectivity index (χ3v) is 4.68. The molecule has 0 bridgehead atoms. The van der Waals surface area contributed by atoms with E-state index in [2.05, 4.69) is 22.2 Å². The summed E-state index contributed by atoms with van der Waals surface area (Å²) >= 11 is 0. The van der Waals surface area contributed by atoms with Crippen molar-refractivity contribution >= 4 is 11.8 Å². The summed E-state index contributed by atoms with van der Waals surface area (Å²) in [5.41, 5.74) is -2.22. The van der Waals surface area contributed by atoms with Crippen LogP contribution in [-0.2, 0) is 11.0 Å². The van der Waals surface area contributed by atoms with E-state index in [4.69, 9.17) is 0 Å². The summed E-state index contributed by atoms with van der Waals surface area (Å²) < 4.78 is 54.8. The van der Waals surface area contributed by atoms with Crippen LogP contribution in [0.1, 0.15) is 16.2 Å². The number of piperazine rings is 1. The quantitative estimate of drug-likeness (QED) is 0.544. The third kappa shape index (κ3) is 5.26. The number of halogens is 4. The fourth-order valence-corrected chi connectivity index (χ4v) is 3.15. The third-order valence-electron chi connectivity index (χ3n) is 4.68. The van der Waals surface area contributed by atoms with Crippen molar-refractivity contribution in [2.75, 3.05) is 39.3 Å². The van der Waals surface area contributed by atoms with Gasteiger partial charge in [0.25, 0.3) is 5.91 Å². The average Bonchev–Trinajstić information content (AvgIpc) is 3.18. The lowest BCUT2D eigenvalue weighted by Gasteiger charge is -2.34. The van der Waals surface area contributed by atoms with Gasteiger partial charge in [-0.2, -0.15) is 13.2 Å². The molecule has 1 aromatic carbocycles. The number of hydrogen-bond acceptors (Lipinski definition) is 5. The van der Waals surface area contributed by atoms with Gasteiger partial charge in [0.05, 0.1) is 12.2 Å². The van der Waals surface area contributed by atoms with E-state index in [1.54, 1.807) is 11.0 Å². The first kappa shape index (κ1) is 22.4. The Morgan fingerprint density at radius 2 is 1.77 bits per heavy atom. The average molecular weight is 440 g/mol. The van der Waals surface area contributed by atoms with E-state index >= 15 is 0 Å². The summed E-state index contributed by atoms with van der Waals surface area (Å²) in [4.78, 5) is 27.6. The number of nitrogens with one attached hydrogen (secondary N) is 1. The van der Waals surface area contributed by atoms with Crippen molar-refractivity contribution in [1.29, 1.82) is 0 Å². The van der Waals surface area contributed by atoms with Crippen molar-refractivity contribution in [3.05, 3.63) is 54.1 Å². The van der Waals surface area contributed by atoms with Crippen molar-refractivity contribution in [2.24, 2.45) is 0 Å². The van der Waals surface area contributed by atoms with Crippen LogP contribution in [0.15, 0.2) is 36.9 Å². The number of carbonyl (C=O) groups is 2. The standard InChI is InChI=1S/C19H20F4N6O2/c1-2-7-24-15(30)12-27-8-10-28(11-9-27)18(31)16-17(19(21,22)23)29(26-25-16)14-5-3-13(20)4-6-14/h2-6H,1,7-12H2,(H,24,30). The van der Waals surface area contributed by atoms with Crippen molar-refractivity contribution in [2.45, 2.75) is 6.18 Å². The molecule has 1 saturated heterocycles. The van der Waals surface area contributed by atoms with Crippen molar-refractivity contribution < 1.29 is 27.2 Å². The Bertz CT molecular complexity index is 949. The minimum atomic E-state index is -4.91. The Balaban J connectivity index is 1.74. The van der Waals surface area contributed by atoms with Crippen LogP contribution >= 0.6 is 0 Å². The molecule has 1 aliphatic heterocycles. The Hall–Kier alpha value is -3.28. The van der Waals surface area contributed by atoms with Gasteiger partial charge in [0.2, 0.25) is 5.91 Å². The first-order valence-corrected chi connectivity index (χ1v) is 9.38. The largest absolute Gasteiger partial charge is 0.435 e. The van der Waals surface area contributed by atoms with Gasteiger partial charge in [-0.05, 0) is 24.3 Å². The number of hydrogen-bond donors (Lipinski definition) is 1. The lowest BCUT2D eigenvalue weighted by molar-refractivity contribution is -0.143. The SMILES string of the molecule is C=CCNC(=O)CN1CCN(C(=O)c2nnn(-c3ccc(F)cc3)c2C(F)(F)F)CC1. The van der Waals surface area contributed by atoms with Gasteiger partial charge in [-0.3, -0.25) is 14.5 Å². The summed E-state index contributed by atoms with van der Waals surface area (Å²) in [7, 11) is 0. The van der Waals surface area contributed by atoms with E-state index < -0.39 is 29.3 Å². The lowest BCUT2D eigenvalue weighted by atomic mass is 10.2. The van der Waals surface area contributed by atoms with Crippen molar-refractivity contribution in [3.8, 4) is 5.69 Å². The lowest BCUT2D eigenvalue weighted by Crippen LogP contribution is -2.51. The Morgan fingerprint density at radius 1 is 1.13 bits per heavy atom. The number of nitrogens with zero attached hydrogens (tertiary/aromatic N) is 5. The monoisotopic (exact) mass is 440 g/mol. The fourth-order valence-electron chi connectivity index (χ4n) is 3.15. The molecule has 2 amide bonds. The summed E-state index contributed by atoms with van der Waals surface area (Å²) in [6.07, 6.45) is -3.36. The number of rotatable bonds is 6. The van der Waals surface area contributed by atoms with Crippen molar-refractivity contribution in [1.82, 2.24) is 30.1 Å². The predicted octanol–water partition coefficient (Wildman–Crippen LogP) is 1.49. The molecule has 1 N–H and O–H groups in total. The van der Waals surface area contributed by atoms with E-state index in [1.165, 1.54) is 4.90 Å². The molecule has 0 radical (unpaired) electrons. The minimum Gasteiger partial charge on any atom is -0.352 e. The first-order valence-electron chi connectivity index (χ1n) is 9.38. The molecule has 0 aliphatic carbocycles. The van der Waals surface area contributed by atoms with Gasteiger partial charge >= 0.3 is 6.18 Å². The molecule has 1 aromatic heterocycles. The van der Waals surface area contributed by atoms with E-state index in [0.717, 1.165) is 24.3 Å². The molecule has 31 heavy (non-hydrogen) atoms. The van der Waals surface area contributed by atoms with Crippen LogP contribution in [0.25, 0.3) is 5.69 Å². The number of carbonyl (C=O) groups excluding carboxylic acids is 2. The first-order chi connectivity index (χ1) is 14.7. The molecule has 0 unspecified atom stereocenters. The smallest absolute Gasteiger partial charge is 0.352 e. The molecule has 0 saturated carbocycles. The maximum atomic E-state index is 13.7.